The maximum absolute atomic E-state index is 13.2. The van der Waals surface area contributed by atoms with E-state index in [0.717, 1.165) is 9.75 Å². The molecule has 7 nitrogen and oxygen atoms in total. The number of nitrogens with zero attached hydrogens (tertiary/aromatic N) is 3. The number of fused-ring (bicyclic) bond motifs is 1. The lowest BCUT2D eigenvalue weighted by molar-refractivity contribution is -0.384. The molecule has 0 aliphatic carbocycles. The fourth-order valence-electron chi connectivity index (χ4n) is 2.81. The molecule has 27 heavy (non-hydrogen) atoms. The van der Waals surface area contributed by atoms with Crippen LogP contribution in [0.5, 0.6) is 0 Å². The smallest absolute Gasteiger partial charge is 0.275 e. The number of nitro benzene ring substituents is 1. The van der Waals surface area contributed by atoms with Crippen LogP contribution in [0.15, 0.2) is 53.2 Å². The molecule has 0 spiro atoms. The molecular weight excluding hydrogens is 384 g/mol. The van der Waals surface area contributed by atoms with Gasteiger partial charge in [0, 0.05) is 27.3 Å². The maximum atomic E-state index is 13.2. The van der Waals surface area contributed by atoms with Gasteiger partial charge in [0.2, 0.25) is 0 Å². The highest BCUT2D eigenvalue weighted by molar-refractivity contribution is 7.10. The predicted octanol–water partition coefficient (Wildman–Crippen LogP) is 4.44. The van der Waals surface area contributed by atoms with Crippen LogP contribution in [-0.2, 0) is 13.1 Å². The van der Waals surface area contributed by atoms with Gasteiger partial charge in [-0.1, -0.05) is 12.1 Å². The summed E-state index contributed by atoms with van der Waals surface area (Å²) < 4.78 is 0. The van der Waals surface area contributed by atoms with E-state index in [4.69, 9.17) is 0 Å². The van der Waals surface area contributed by atoms with E-state index in [2.05, 4.69) is 10.2 Å². The van der Waals surface area contributed by atoms with Crippen LogP contribution >= 0.6 is 22.7 Å². The summed E-state index contributed by atoms with van der Waals surface area (Å²) >= 11 is 3.16. The van der Waals surface area contributed by atoms with Crippen LogP contribution in [0, 0.1) is 10.1 Å². The van der Waals surface area contributed by atoms with Gasteiger partial charge in [-0.15, -0.1) is 22.7 Å². The van der Waals surface area contributed by atoms with Gasteiger partial charge in [0.25, 0.3) is 11.6 Å². The molecule has 0 radical (unpaired) electrons. The minimum absolute atomic E-state index is 0.0685. The second-order valence-corrected chi connectivity index (χ2v) is 7.94. The van der Waals surface area contributed by atoms with E-state index in [1.807, 2.05) is 35.0 Å². The van der Waals surface area contributed by atoms with Crippen LogP contribution in [-0.4, -0.2) is 25.9 Å². The summed E-state index contributed by atoms with van der Waals surface area (Å²) in [5, 5.41) is 22.4. The Bertz CT molecular complexity index is 1050. The maximum Gasteiger partial charge on any atom is 0.275 e. The van der Waals surface area contributed by atoms with Crippen LogP contribution < -0.4 is 0 Å². The number of non-ortho nitro benzene ring substituents is 1. The van der Waals surface area contributed by atoms with Gasteiger partial charge in [0.05, 0.1) is 23.5 Å². The molecule has 1 N–H and O–H groups in total. The Morgan fingerprint density at radius 1 is 1.11 bits per heavy atom. The lowest BCUT2D eigenvalue weighted by Gasteiger charge is -2.20. The van der Waals surface area contributed by atoms with Crippen LogP contribution in [0.25, 0.3) is 10.9 Å². The number of aromatic amines is 1. The minimum Gasteiger partial charge on any atom is -0.327 e. The van der Waals surface area contributed by atoms with Gasteiger partial charge in [-0.3, -0.25) is 20.0 Å². The third kappa shape index (κ3) is 3.60. The van der Waals surface area contributed by atoms with Crippen molar-refractivity contribution in [1.82, 2.24) is 15.1 Å². The summed E-state index contributed by atoms with van der Waals surface area (Å²) in [6.45, 7) is 0.912. The molecular formula is C18H14N4O3S2. The highest BCUT2D eigenvalue weighted by Crippen LogP contribution is 2.25. The predicted molar refractivity (Wildman–Crippen MR) is 105 cm³/mol. The summed E-state index contributed by atoms with van der Waals surface area (Å²) in [6, 6.07) is 12.2. The van der Waals surface area contributed by atoms with Crippen molar-refractivity contribution in [1.29, 1.82) is 0 Å². The number of carbonyl (C=O) groups is 1. The SMILES string of the molecule is O=C(c1n[nH]c2ccc([N+](=O)[O-])cc12)N(Cc1cccs1)Cc1cccs1. The number of rotatable bonds is 6. The highest BCUT2D eigenvalue weighted by Gasteiger charge is 2.23. The summed E-state index contributed by atoms with van der Waals surface area (Å²) in [5.74, 6) is -0.261. The van der Waals surface area contributed by atoms with Crippen LogP contribution in [0.4, 0.5) is 5.69 Å². The molecule has 0 unspecified atom stereocenters. The minimum atomic E-state index is -0.476. The van der Waals surface area contributed by atoms with Gasteiger partial charge in [-0.05, 0) is 29.0 Å². The highest BCUT2D eigenvalue weighted by atomic mass is 32.1. The first-order valence-electron chi connectivity index (χ1n) is 8.08. The molecule has 0 aliphatic rings. The van der Waals surface area contributed by atoms with Crippen LogP contribution in [0.2, 0.25) is 0 Å². The van der Waals surface area contributed by atoms with E-state index in [0.29, 0.717) is 24.0 Å². The van der Waals surface area contributed by atoms with Crippen molar-refractivity contribution in [3.8, 4) is 0 Å². The van der Waals surface area contributed by atoms with E-state index < -0.39 is 4.92 Å². The molecule has 0 fully saturated rings. The number of hydrogen-bond acceptors (Lipinski definition) is 6. The summed E-state index contributed by atoms with van der Waals surface area (Å²) in [7, 11) is 0. The lowest BCUT2D eigenvalue weighted by atomic mass is 10.1. The van der Waals surface area contributed by atoms with Gasteiger partial charge in [-0.25, -0.2) is 0 Å². The Hall–Kier alpha value is -3.04. The number of carbonyl (C=O) groups excluding carboxylic acids is 1. The van der Waals surface area contributed by atoms with Crippen molar-refractivity contribution in [2.45, 2.75) is 13.1 Å². The molecule has 0 saturated heterocycles. The molecule has 0 atom stereocenters. The van der Waals surface area contributed by atoms with Crippen molar-refractivity contribution in [2.75, 3.05) is 0 Å². The number of benzene rings is 1. The largest absolute Gasteiger partial charge is 0.327 e. The first kappa shape index (κ1) is 17.4. The first-order chi connectivity index (χ1) is 13.1. The van der Waals surface area contributed by atoms with Crippen LogP contribution in [0.3, 0.4) is 0 Å². The molecule has 4 rings (SSSR count). The number of nitro groups is 1. The standard InChI is InChI=1S/C18H14N4O3S2/c23-18(17-15-9-12(22(24)25)5-6-16(15)19-20-17)21(10-13-3-1-7-26-13)11-14-4-2-8-27-14/h1-9H,10-11H2,(H,19,20). The first-order valence-corrected chi connectivity index (χ1v) is 9.84. The number of hydrogen-bond donors (Lipinski definition) is 1. The average molecular weight is 398 g/mol. The number of nitrogens with one attached hydrogen (secondary N) is 1. The van der Waals surface area contributed by atoms with E-state index in [1.54, 1.807) is 33.6 Å². The van der Waals surface area contributed by atoms with E-state index in [-0.39, 0.29) is 17.3 Å². The van der Waals surface area contributed by atoms with E-state index in [1.165, 1.54) is 12.1 Å². The number of amides is 1. The second kappa shape index (κ2) is 7.29. The Morgan fingerprint density at radius 3 is 2.33 bits per heavy atom. The average Bonchev–Trinajstić information content (AvgIpc) is 3.42. The van der Waals surface area contributed by atoms with Gasteiger partial charge < -0.3 is 4.90 Å². The number of aromatic nitrogens is 2. The molecule has 1 aromatic carbocycles. The molecule has 3 aromatic heterocycles. The quantitative estimate of drug-likeness (QED) is 0.384. The van der Waals surface area contributed by atoms with Gasteiger partial charge in [-0.2, -0.15) is 5.10 Å². The molecule has 0 bridgehead atoms. The van der Waals surface area contributed by atoms with Gasteiger partial charge >= 0.3 is 0 Å². The Labute approximate surface area is 162 Å². The van der Waals surface area contributed by atoms with Crippen molar-refractivity contribution >= 4 is 45.2 Å². The van der Waals surface area contributed by atoms with Crippen molar-refractivity contribution < 1.29 is 9.72 Å². The third-order valence-corrected chi connectivity index (χ3v) is 5.82. The monoisotopic (exact) mass is 398 g/mol. The Morgan fingerprint density at radius 2 is 1.78 bits per heavy atom. The van der Waals surface area contributed by atoms with Gasteiger partial charge in [0.15, 0.2) is 5.69 Å². The Balaban J connectivity index is 1.70. The van der Waals surface area contributed by atoms with Crippen molar-refractivity contribution in [3.05, 3.63) is 78.8 Å². The zero-order chi connectivity index (χ0) is 18.8. The fourth-order valence-corrected chi connectivity index (χ4v) is 4.25. The third-order valence-electron chi connectivity index (χ3n) is 4.10. The summed E-state index contributed by atoms with van der Waals surface area (Å²) in [6.07, 6.45) is 0. The van der Waals surface area contributed by atoms with E-state index >= 15 is 0 Å². The van der Waals surface area contributed by atoms with Crippen molar-refractivity contribution in [3.63, 3.8) is 0 Å². The summed E-state index contributed by atoms with van der Waals surface area (Å²) in [5.41, 5.74) is 0.721. The normalized spacial score (nSPS) is 11.0. The molecule has 9 heteroatoms. The topological polar surface area (TPSA) is 92.1 Å². The molecule has 3 heterocycles. The number of thiophene rings is 2. The molecule has 136 valence electrons. The zero-order valence-electron chi connectivity index (χ0n) is 14.0. The van der Waals surface area contributed by atoms with Gasteiger partial charge in [0.1, 0.15) is 0 Å². The van der Waals surface area contributed by atoms with Crippen LogP contribution in [0.1, 0.15) is 20.2 Å². The zero-order valence-corrected chi connectivity index (χ0v) is 15.6. The molecule has 0 saturated carbocycles. The molecule has 1 amide bonds. The molecule has 4 aromatic rings. The second-order valence-electron chi connectivity index (χ2n) is 5.88. The lowest BCUT2D eigenvalue weighted by Crippen LogP contribution is -2.30. The Kier molecular flexibility index (Phi) is 4.69. The summed E-state index contributed by atoms with van der Waals surface area (Å²) in [4.78, 5) is 27.7. The fraction of sp³-hybridized carbons (Fsp3) is 0.111. The molecule has 0 aliphatic heterocycles. The number of H-pyrrole nitrogens is 1. The van der Waals surface area contributed by atoms with Crippen molar-refractivity contribution in [2.24, 2.45) is 0 Å². The van der Waals surface area contributed by atoms with E-state index in [9.17, 15) is 14.9 Å².